The maximum Gasteiger partial charge on any atom is 0.123 e. The minimum absolute atomic E-state index is 0.682. The van der Waals surface area contributed by atoms with Crippen molar-refractivity contribution in [2.45, 2.75) is 32.2 Å². The van der Waals surface area contributed by atoms with Gasteiger partial charge >= 0.3 is 0 Å². The van der Waals surface area contributed by atoms with Crippen LogP contribution in [0.2, 0.25) is 0 Å². The highest BCUT2D eigenvalue weighted by Gasteiger charge is 2.09. The lowest BCUT2D eigenvalue weighted by Crippen LogP contribution is -2.18. The van der Waals surface area contributed by atoms with E-state index < -0.39 is 0 Å². The summed E-state index contributed by atoms with van der Waals surface area (Å²) >= 11 is 3.57. The van der Waals surface area contributed by atoms with Crippen molar-refractivity contribution >= 4 is 23.1 Å². The topological polar surface area (TPSA) is 24.9 Å². The van der Waals surface area contributed by atoms with Crippen molar-refractivity contribution in [3.05, 3.63) is 34.8 Å². The Hall–Kier alpha value is -0.840. The number of thioether (sulfide) groups is 1. The molecule has 20 heavy (non-hydrogen) atoms. The van der Waals surface area contributed by atoms with Crippen LogP contribution < -0.4 is 5.32 Å². The molecule has 1 aromatic carbocycles. The molecule has 1 aromatic heterocycles. The molecule has 0 amide bonds. The minimum atomic E-state index is 0.682. The van der Waals surface area contributed by atoms with Gasteiger partial charge in [-0.1, -0.05) is 26.0 Å². The molecule has 0 unspecified atom stereocenters. The molecule has 0 aliphatic rings. The summed E-state index contributed by atoms with van der Waals surface area (Å²) in [6, 6.07) is 8.64. The van der Waals surface area contributed by atoms with Gasteiger partial charge < -0.3 is 5.32 Å². The van der Waals surface area contributed by atoms with E-state index in [4.69, 9.17) is 4.98 Å². The normalized spacial score (nSPS) is 11.2. The molecule has 0 saturated carbocycles. The van der Waals surface area contributed by atoms with Crippen molar-refractivity contribution in [1.29, 1.82) is 0 Å². The van der Waals surface area contributed by atoms with Crippen molar-refractivity contribution in [2.75, 3.05) is 12.8 Å². The van der Waals surface area contributed by atoms with Crippen molar-refractivity contribution in [3.63, 3.8) is 0 Å². The summed E-state index contributed by atoms with van der Waals surface area (Å²) in [7, 11) is 0. The van der Waals surface area contributed by atoms with Crippen molar-refractivity contribution in [2.24, 2.45) is 5.92 Å². The van der Waals surface area contributed by atoms with Crippen LogP contribution in [0.15, 0.2) is 29.2 Å². The van der Waals surface area contributed by atoms with Crippen molar-refractivity contribution < 1.29 is 0 Å². The average Bonchev–Trinajstić information content (AvgIpc) is 2.80. The summed E-state index contributed by atoms with van der Waals surface area (Å²) in [5.41, 5.74) is 2.36. The number of hydrogen-bond donors (Lipinski definition) is 1. The van der Waals surface area contributed by atoms with E-state index in [1.807, 2.05) is 0 Å². The highest BCUT2D eigenvalue weighted by molar-refractivity contribution is 7.98. The molecule has 2 rings (SSSR count). The number of aryl methyl sites for hydroxylation is 1. The number of benzene rings is 1. The highest BCUT2D eigenvalue weighted by Crippen LogP contribution is 2.29. The molecule has 0 spiro atoms. The van der Waals surface area contributed by atoms with Gasteiger partial charge in [-0.3, -0.25) is 0 Å². The van der Waals surface area contributed by atoms with Crippen LogP contribution in [-0.2, 0) is 6.54 Å². The molecule has 2 nitrogen and oxygen atoms in total. The van der Waals surface area contributed by atoms with Crippen LogP contribution in [0, 0.1) is 12.8 Å². The van der Waals surface area contributed by atoms with E-state index in [1.54, 1.807) is 23.1 Å². The maximum absolute atomic E-state index is 4.71. The van der Waals surface area contributed by atoms with Gasteiger partial charge in [0.25, 0.3) is 0 Å². The first kappa shape index (κ1) is 15.5. The molecule has 0 fully saturated rings. The second-order valence-electron chi connectivity index (χ2n) is 5.28. The Balaban J connectivity index is 2.09. The molecule has 0 atom stereocenters. The summed E-state index contributed by atoms with van der Waals surface area (Å²) in [4.78, 5) is 7.34. The average molecular weight is 306 g/mol. The lowest BCUT2D eigenvalue weighted by Gasteiger charge is -2.05. The van der Waals surface area contributed by atoms with Gasteiger partial charge in [0.1, 0.15) is 5.01 Å². The smallest absolute Gasteiger partial charge is 0.123 e. The van der Waals surface area contributed by atoms with Crippen LogP contribution in [0.1, 0.15) is 24.4 Å². The van der Waals surface area contributed by atoms with Gasteiger partial charge in [-0.2, -0.15) is 0 Å². The van der Waals surface area contributed by atoms with E-state index >= 15 is 0 Å². The standard InChI is InChI=1S/C16H22N2S2/c1-11(2)9-17-10-15-12(3)18-16(20-15)13-5-7-14(19-4)8-6-13/h5-8,11,17H,9-10H2,1-4H3. The number of rotatable bonds is 6. The van der Waals surface area contributed by atoms with E-state index in [-0.39, 0.29) is 0 Å². The van der Waals surface area contributed by atoms with Gasteiger partial charge in [-0.25, -0.2) is 4.98 Å². The van der Waals surface area contributed by atoms with Crippen LogP contribution in [0.4, 0.5) is 0 Å². The van der Waals surface area contributed by atoms with Gasteiger partial charge in [0.05, 0.1) is 5.69 Å². The Bertz CT molecular complexity index is 544. The molecule has 0 radical (unpaired) electrons. The monoisotopic (exact) mass is 306 g/mol. The fourth-order valence-electron chi connectivity index (χ4n) is 1.92. The predicted molar refractivity (Wildman–Crippen MR) is 90.6 cm³/mol. The van der Waals surface area contributed by atoms with E-state index in [0.29, 0.717) is 5.92 Å². The lowest BCUT2D eigenvalue weighted by molar-refractivity contribution is 0.554. The first-order valence-electron chi connectivity index (χ1n) is 6.91. The first-order chi connectivity index (χ1) is 9.60. The van der Waals surface area contributed by atoms with Gasteiger partial charge in [0, 0.05) is 21.9 Å². The van der Waals surface area contributed by atoms with Crippen LogP contribution >= 0.6 is 23.1 Å². The summed E-state index contributed by atoms with van der Waals surface area (Å²) in [5, 5.41) is 4.61. The Morgan fingerprint density at radius 1 is 1.25 bits per heavy atom. The minimum Gasteiger partial charge on any atom is -0.312 e. The fraction of sp³-hybridized carbons (Fsp3) is 0.438. The third kappa shape index (κ3) is 4.08. The number of thiazole rings is 1. The number of hydrogen-bond acceptors (Lipinski definition) is 4. The number of nitrogens with one attached hydrogen (secondary N) is 1. The zero-order valence-corrected chi connectivity index (χ0v) is 14.2. The SMILES string of the molecule is CSc1ccc(-c2nc(C)c(CNCC(C)C)s2)cc1. The Labute approximate surface area is 130 Å². The highest BCUT2D eigenvalue weighted by atomic mass is 32.2. The van der Waals surface area contributed by atoms with Crippen molar-refractivity contribution in [1.82, 2.24) is 10.3 Å². The zero-order chi connectivity index (χ0) is 14.5. The molecule has 0 bridgehead atoms. The lowest BCUT2D eigenvalue weighted by atomic mass is 10.2. The molecule has 1 N–H and O–H groups in total. The van der Waals surface area contributed by atoms with Crippen LogP contribution in [0.25, 0.3) is 10.6 Å². The number of nitrogens with zero attached hydrogens (tertiary/aromatic N) is 1. The molecule has 0 aliphatic heterocycles. The molecular weight excluding hydrogens is 284 g/mol. The number of aromatic nitrogens is 1. The van der Waals surface area contributed by atoms with Crippen LogP contribution in [0.5, 0.6) is 0 Å². The van der Waals surface area contributed by atoms with Gasteiger partial charge in [-0.05, 0) is 37.8 Å². The summed E-state index contributed by atoms with van der Waals surface area (Å²) in [5.74, 6) is 0.682. The molecule has 0 saturated heterocycles. The molecule has 4 heteroatoms. The molecule has 2 aromatic rings. The Kier molecular flexibility index (Phi) is 5.64. The fourth-order valence-corrected chi connectivity index (χ4v) is 3.37. The quantitative estimate of drug-likeness (QED) is 0.790. The summed E-state index contributed by atoms with van der Waals surface area (Å²) in [6.45, 7) is 8.53. The Morgan fingerprint density at radius 3 is 2.55 bits per heavy atom. The van der Waals surface area contributed by atoms with Crippen molar-refractivity contribution in [3.8, 4) is 10.6 Å². The second kappa shape index (κ2) is 7.25. The van der Waals surface area contributed by atoms with Crippen LogP contribution in [0.3, 0.4) is 0 Å². The van der Waals surface area contributed by atoms with E-state index in [2.05, 4.69) is 56.6 Å². The van der Waals surface area contributed by atoms with Gasteiger partial charge in [0.2, 0.25) is 0 Å². The third-order valence-electron chi connectivity index (χ3n) is 3.07. The Morgan fingerprint density at radius 2 is 1.95 bits per heavy atom. The summed E-state index contributed by atoms with van der Waals surface area (Å²) < 4.78 is 0. The third-order valence-corrected chi connectivity index (χ3v) is 5.02. The van der Waals surface area contributed by atoms with Gasteiger partial charge in [0.15, 0.2) is 0 Å². The molecule has 108 valence electrons. The van der Waals surface area contributed by atoms with Crippen LogP contribution in [-0.4, -0.2) is 17.8 Å². The van der Waals surface area contributed by atoms with E-state index in [9.17, 15) is 0 Å². The maximum atomic E-state index is 4.71. The first-order valence-corrected chi connectivity index (χ1v) is 8.95. The molecular formula is C16H22N2S2. The molecule has 0 aliphatic carbocycles. The molecule has 1 heterocycles. The second-order valence-corrected chi connectivity index (χ2v) is 7.24. The zero-order valence-electron chi connectivity index (χ0n) is 12.6. The van der Waals surface area contributed by atoms with E-state index in [0.717, 1.165) is 23.8 Å². The predicted octanol–water partition coefficient (Wildman–Crippen LogP) is 4.59. The van der Waals surface area contributed by atoms with Gasteiger partial charge in [-0.15, -0.1) is 23.1 Å². The van der Waals surface area contributed by atoms with E-state index in [1.165, 1.54) is 15.3 Å². The summed E-state index contributed by atoms with van der Waals surface area (Å²) in [6.07, 6.45) is 2.10. The largest absolute Gasteiger partial charge is 0.312 e.